The van der Waals surface area contributed by atoms with Crippen LogP contribution in [0.1, 0.15) is 12.8 Å². The molecule has 4 nitrogen and oxygen atoms in total. The Morgan fingerprint density at radius 1 is 1.50 bits per heavy atom. The van der Waals surface area contributed by atoms with E-state index in [1.54, 1.807) is 0 Å². The highest BCUT2D eigenvalue weighted by atomic mass is 19.4. The van der Waals surface area contributed by atoms with E-state index in [9.17, 15) is 13.2 Å². The van der Waals surface area contributed by atoms with Crippen molar-refractivity contribution >= 4 is 5.97 Å². The number of nitrogens with two attached hydrogens (primary N) is 1. The molecule has 7 heteroatoms. The van der Waals surface area contributed by atoms with E-state index in [-0.39, 0.29) is 0 Å². The maximum Gasteiger partial charge on any atom is 0.490 e. The van der Waals surface area contributed by atoms with Gasteiger partial charge in [0.1, 0.15) is 0 Å². The lowest BCUT2D eigenvalue weighted by molar-refractivity contribution is -0.192. The smallest absolute Gasteiger partial charge is 0.475 e. The van der Waals surface area contributed by atoms with Crippen molar-refractivity contribution in [3.63, 3.8) is 0 Å². The van der Waals surface area contributed by atoms with Crippen molar-refractivity contribution < 1.29 is 27.8 Å². The highest BCUT2D eigenvalue weighted by Crippen LogP contribution is 2.13. The Bertz CT molecular complexity index is 178. The fourth-order valence-corrected chi connectivity index (χ4v) is 0.766. The fourth-order valence-electron chi connectivity index (χ4n) is 0.766. The van der Waals surface area contributed by atoms with Crippen LogP contribution in [0, 0.1) is 0 Å². The van der Waals surface area contributed by atoms with Crippen molar-refractivity contribution in [3.05, 3.63) is 0 Å². The average molecular weight is 215 g/mol. The summed E-state index contributed by atoms with van der Waals surface area (Å²) >= 11 is 0. The van der Waals surface area contributed by atoms with Gasteiger partial charge in [-0.3, -0.25) is 0 Å². The summed E-state index contributed by atoms with van der Waals surface area (Å²) in [6.45, 7) is 1.67. The molecule has 0 aliphatic carbocycles. The molecule has 0 spiro atoms. The number of carboxylic acid groups (broad SMARTS) is 1. The monoisotopic (exact) mass is 215 g/mol. The second-order valence-electron chi connectivity index (χ2n) is 2.78. The van der Waals surface area contributed by atoms with Crippen LogP contribution in [0.5, 0.6) is 0 Å². The minimum absolute atomic E-state index is 0.314. The molecule has 1 atom stereocenters. The number of hydrogen-bond donors (Lipinski definition) is 2. The topological polar surface area (TPSA) is 72.5 Å². The number of halogens is 3. The SMILES string of the molecule is NC1CCCOC1.O=C(O)C(F)(F)F. The largest absolute Gasteiger partial charge is 0.490 e. The maximum absolute atomic E-state index is 10.6. The van der Waals surface area contributed by atoms with Gasteiger partial charge in [0.05, 0.1) is 6.61 Å². The predicted octanol–water partition coefficient (Wildman–Crippen LogP) is 0.757. The zero-order chi connectivity index (χ0) is 11.2. The number of rotatable bonds is 0. The number of alkyl halides is 3. The molecule has 0 aromatic rings. The van der Waals surface area contributed by atoms with Gasteiger partial charge >= 0.3 is 12.1 Å². The zero-order valence-electron chi connectivity index (χ0n) is 7.38. The highest BCUT2D eigenvalue weighted by molar-refractivity contribution is 5.73. The molecule has 1 aliphatic heterocycles. The Kier molecular flexibility index (Phi) is 5.47. The van der Waals surface area contributed by atoms with Gasteiger partial charge in [-0.1, -0.05) is 0 Å². The third-order valence-electron chi connectivity index (χ3n) is 1.44. The molecular weight excluding hydrogens is 203 g/mol. The van der Waals surface area contributed by atoms with Crippen LogP contribution in [0.3, 0.4) is 0 Å². The number of carbonyl (C=O) groups is 1. The Labute approximate surface area is 78.8 Å². The van der Waals surface area contributed by atoms with Gasteiger partial charge < -0.3 is 15.6 Å². The molecule has 1 unspecified atom stereocenters. The zero-order valence-corrected chi connectivity index (χ0v) is 7.38. The van der Waals surface area contributed by atoms with E-state index < -0.39 is 12.1 Å². The molecule has 1 fully saturated rings. The normalized spacial score (nSPS) is 22.1. The van der Waals surface area contributed by atoms with Gasteiger partial charge in [0.2, 0.25) is 0 Å². The van der Waals surface area contributed by atoms with Crippen LogP contribution in [0.4, 0.5) is 13.2 Å². The maximum atomic E-state index is 10.6. The van der Waals surface area contributed by atoms with Gasteiger partial charge in [-0.25, -0.2) is 4.79 Å². The summed E-state index contributed by atoms with van der Waals surface area (Å²) in [6.07, 6.45) is -2.80. The second kappa shape index (κ2) is 5.82. The lowest BCUT2D eigenvalue weighted by Gasteiger charge is -2.16. The Balaban J connectivity index is 0.000000241. The van der Waals surface area contributed by atoms with Crippen LogP contribution in [-0.2, 0) is 9.53 Å². The number of carboxylic acids is 1. The Morgan fingerprint density at radius 3 is 2.14 bits per heavy atom. The van der Waals surface area contributed by atoms with Gasteiger partial charge in [-0.2, -0.15) is 13.2 Å². The van der Waals surface area contributed by atoms with Crippen molar-refractivity contribution in [1.82, 2.24) is 0 Å². The molecule has 1 aliphatic rings. The van der Waals surface area contributed by atoms with Gasteiger partial charge in [-0.15, -0.1) is 0 Å². The molecular formula is C7H12F3NO3. The minimum atomic E-state index is -5.08. The van der Waals surface area contributed by atoms with Crippen LogP contribution >= 0.6 is 0 Å². The van der Waals surface area contributed by atoms with Crippen molar-refractivity contribution in [2.24, 2.45) is 5.73 Å². The van der Waals surface area contributed by atoms with E-state index in [2.05, 4.69) is 0 Å². The molecule has 14 heavy (non-hydrogen) atoms. The van der Waals surface area contributed by atoms with Crippen molar-refractivity contribution in [1.29, 1.82) is 0 Å². The summed E-state index contributed by atoms with van der Waals surface area (Å²) in [7, 11) is 0. The average Bonchev–Trinajstić information content (AvgIpc) is 2.04. The first-order valence-corrected chi connectivity index (χ1v) is 3.97. The lowest BCUT2D eigenvalue weighted by atomic mass is 10.1. The fraction of sp³-hybridized carbons (Fsp3) is 0.857. The van der Waals surface area contributed by atoms with Crippen molar-refractivity contribution in [2.45, 2.75) is 25.1 Å². The molecule has 0 aromatic carbocycles. The van der Waals surface area contributed by atoms with E-state index in [0.717, 1.165) is 26.1 Å². The standard InChI is InChI=1S/C5H11NO.C2HF3O2/c6-5-2-1-3-7-4-5;3-2(4,5)1(6)7/h5H,1-4,6H2;(H,6,7). The minimum Gasteiger partial charge on any atom is -0.475 e. The van der Waals surface area contributed by atoms with E-state index in [1.165, 1.54) is 0 Å². The Hall–Kier alpha value is -0.820. The molecule has 1 heterocycles. The molecule has 0 aromatic heterocycles. The van der Waals surface area contributed by atoms with E-state index in [4.69, 9.17) is 20.4 Å². The van der Waals surface area contributed by atoms with E-state index >= 15 is 0 Å². The van der Waals surface area contributed by atoms with Crippen LogP contribution in [0.15, 0.2) is 0 Å². The first-order chi connectivity index (χ1) is 6.34. The number of ether oxygens (including phenoxy) is 1. The van der Waals surface area contributed by atoms with E-state index in [1.807, 2.05) is 0 Å². The van der Waals surface area contributed by atoms with Crippen LogP contribution < -0.4 is 5.73 Å². The van der Waals surface area contributed by atoms with Gasteiger partial charge in [-0.05, 0) is 12.8 Å². The molecule has 0 bridgehead atoms. The van der Waals surface area contributed by atoms with Crippen LogP contribution in [0.2, 0.25) is 0 Å². The van der Waals surface area contributed by atoms with Gasteiger partial charge in [0.25, 0.3) is 0 Å². The highest BCUT2D eigenvalue weighted by Gasteiger charge is 2.38. The third kappa shape index (κ3) is 6.67. The van der Waals surface area contributed by atoms with Gasteiger partial charge in [0, 0.05) is 12.6 Å². The quantitative estimate of drug-likeness (QED) is 0.625. The number of hydrogen-bond acceptors (Lipinski definition) is 3. The van der Waals surface area contributed by atoms with Crippen LogP contribution in [0.25, 0.3) is 0 Å². The predicted molar refractivity (Wildman–Crippen MR) is 41.7 cm³/mol. The molecule has 1 saturated heterocycles. The molecule has 0 saturated carbocycles. The molecule has 1 rings (SSSR count). The number of aliphatic carboxylic acids is 1. The molecule has 0 radical (unpaired) electrons. The summed E-state index contributed by atoms with van der Waals surface area (Å²) in [5, 5.41) is 7.12. The van der Waals surface area contributed by atoms with E-state index in [0.29, 0.717) is 6.04 Å². The second-order valence-corrected chi connectivity index (χ2v) is 2.78. The summed E-state index contributed by atoms with van der Waals surface area (Å²) < 4.78 is 36.8. The summed E-state index contributed by atoms with van der Waals surface area (Å²) in [4.78, 5) is 8.90. The first kappa shape index (κ1) is 13.2. The summed E-state index contributed by atoms with van der Waals surface area (Å²) in [5.41, 5.74) is 5.51. The molecule has 3 N–H and O–H groups in total. The lowest BCUT2D eigenvalue weighted by Crippen LogP contribution is -2.30. The Morgan fingerprint density at radius 2 is 2.00 bits per heavy atom. The molecule has 0 amide bonds. The molecule has 84 valence electrons. The van der Waals surface area contributed by atoms with Crippen molar-refractivity contribution in [3.8, 4) is 0 Å². The van der Waals surface area contributed by atoms with Gasteiger partial charge in [0.15, 0.2) is 0 Å². The summed E-state index contributed by atoms with van der Waals surface area (Å²) in [5.74, 6) is -2.76. The first-order valence-electron chi connectivity index (χ1n) is 3.97. The van der Waals surface area contributed by atoms with Crippen molar-refractivity contribution in [2.75, 3.05) is 13.2 Å². The summed E-state index contributed by atoms with van der Waals surface area (Å²) in [6, 6.07) is 0.314. The van der Waals surface area contributed by atoms with Crippen LogP contribution in [-0.4, -0.2) is 36.5 Å². The third-order valence-corrected chi connectivity index (χ3v) is 1.44.